The van der Waals surface area contributed by atoms with E-state index in [0.29, 0.717) is 12.4 Å². The van der Waals surface area contributed by atoms with E-state index < -0.39 is 0 Å². The number of carbonyl (C=O) groups excluding carboxylic acids is 1. The monoisotopic (exact) mass is 194 g/mol. The van der Waals surface area contributed by atoms with Gasteiger partial charge in [0.1, 0.15) is 6.61 Å². The van der Waals surface area contributed by atoms with Crippen LogP contribution in [0.1, 0.15) is 29.8 Å². The fourth-order valence-corrected chi connectivity index (χ4v) is 1.33. The molecule has 0 spiro atoms. The fraction of sp³-hybridized carbons (Fsp3) is 0.545. The van der Waals surface area contributed by atoms with E-state index in [1.165, 1.54) is 19.1 Å². The summed E-state index contributed by atoms with van der Waals surface area (Å²) in [4.78, 5) is 11.3. The summed E-state index contributed by atoms with van der Waals surface area (Å²) < 4.78 is 10.2. The molecule has 0 unspecified atom stereocenters. The van der Waals surface area contributed by atoms with Crippen molar-refractivity contribution < 1.29 is 13.9 Å². The van der Waals surface area contributed by atoms with Gasteiger partial charge >= 0.3 is 0 Å². The molecule has 0 bridgehead atoms. The number of hydrogen-bond donors (Lipinski definition) is 0. The number of rotatable bonds is 6. The van der Waals surface area contributed by atoms with Crippen LogP contribution in [0.2, 0.25) is 0 Å². The second kappa shape index (κ2) is 4.42. The highest BCUT2D eigenvalue weighted by atomic mass is 16.5. The van der Waals surface area contributed by atoms with E-state index in [2.05, 4.69) is 0 Å². The van der Waals surface area contributed by atoms with Gasteiger partial charge in [-0.1, -0.05) is 12.8 Å². The highest BCUT2D eigenvalue weighted by Gasteiger charge is 2.20. The zero-order valence-electron chi connectivity index (χ0n) is 8.07. The fourth-order valence-electron chi connectivity index (χ4n) is 1.33. The van der Waals surface area contributed by atoms with Gasteiger partial charge < -0.3 is 9.15 Å². The molecule has 14 heavy (non-hydrogen) atoms. The van der Waals surface area contributed by atoms with Gasteiger partial charge in [-0.25, -0.2) is 0 Å². The lowest BCUT2D eigenvalue weighted by molar-refractivity contribution is 0.0722. The predicted octanol–water partition coefficient (Wildman–Crippen LogP) is 2.28. The first-order chi connectivity index (χ1) is 6.86. The third-order valence-electron chi connectivity index (χ3n) is 2.40. The molecule has 3 heteroatoms. The Kier molecular flexibility index (Phi) is 2.99. The Morgan fingerprint density at radius 2 is 2.43 bits per heavy atom. The molecule has 1 aliphatic rings. The van der Waals surface area contributed by atoms with Gasteiger partial charge in [-0.05, 0) is 24.5 Å². The van der Waals surface area contributed by atoms with Crippen molar-refractivity contribution in [3.63, 3.8) is 0 Å². The Morgan fingerprint density at radius 1 is 1.57 bits per heavy atom. The Balaban J connectivity index is 1.62. The molecular weight excluding hydrogens is 180 g/mol. The van der Waals surface area contributed by atoms with Crippen molar-refractivity contribution in [3.8, 4) is 0 Å². The van der Waals surface area contributed by atoms with Crippen LogP contribution in [0, 0.1) is 5.92 Å². The molecule has 3 nitrogen and oxygen atoms in total. The lowest BCUT2D eigenvalue weighted by Gasteiger charge is -2.00. The van der Waals surface area contributed by atoms with E-state index in [-0.39, 0.29) is 12.4 Å². The van der Waals surface area contributed by atoms with Gasteiger partial charge in [0.2, 0.25) is 5.78 Å². The molecule has 1 aliphatic carbocycles. The maximum Gasteiger partial charge on any atom is 0.223 e. The predicted molar refractivity (Wildman–Crippen MR) is 51.2 cm³/mol. The highest BCUT2D eigenvalue weighted by Crippen LogP contribution is 2.32. The maximum atomic E-state index is 11.3. The molecule has 76 valence electrons. The molecule has 1 fully saturated rings. The smallest absolute Gasteiger partial charge is 0.223 e. The van der Waals surface area contributed by atoms with Crippen molar-refractivity contribution >= 4 is 5.78 Å². The average Bonchev–Trinajstić information content (AvgIpc) is 2.84. The van der Waals surface area contributed by atoms with Crippen molar-refractivity contribution in [2.75, 3.05) is 13.2 Å². The van der Waals surface area contributed by atoms with E-state index in [1.54, 1.807) is 12.1 Å². The lowest BCUT2D eigenvalue weighted by atomic mass is 10.3. The Bertz CT molecular complexity index is 285. The average molecular weight is 194 g/mol. The number of hydrogen-bond acceptors (Lipinski definition) is 3. The normalized spacial score (nSPS) is 15.7. The Hall–Kier alpha value is -1.09. The van der Waals surface area contributed by atoms with E-state index in [1.807, 2.05) is 0 Å². The molecule has 0 aromatic carbocycles. The van der Waals surface area contributed by atoms with Crippen molar-refractivity contribution in [2.24, 2.45) is 5.92 Å². The largest absolute Gasteiger partial charge is 0.461 e. The van der Waals surface area contributed by atoms with Gasteiger partial charge in [-0.3, -0.25) is 4.79 Å². The summed E-state index contributed by atoms with van der Waals surface area (Å²) in [5, 5.41) is 0. The Morgan fingerprint density at radius 3 is 3.07 bits per heavy atom. The molecule has 1 saturated carbocycles. The van der Waals surface area contributed by atoms with E-state index in [9.17, 15) is 4.79 Å². The number of ketones is 1. The molecule has 0 amide bonds. The van der Waals surface area contributed by atoms with Crippen molar-refractivity contribution in [2.45, 2.75) is 19.3 Å². The number of carbonyl (C=O) groups is 1. The van der Waals surface area contributed by atoms with Crippen LogP contribution in [0.25, 0.3) is 0 Å². The molecular formula is C11H14O3. The van der Waals surface area contributed by atoms with Gasteiger partial charge in [0.25, 0.3) is 0 Å². The van der Waals surface area contributed by atoms with Crippen molar-refractivity contribution in [1.29, 1.82) is 0 Å². The van der Waals surface area contributed by atoms with Crippen LogP contribution in [0.4, 0.5) is 0 Å². The van der Waals surface area contributed by atoms with Gasteiger partial charge in [0.15, 0.2) is 5.76 Å². The van der Waals surface area contributed by atoms with Crippen LogP contribution >= 0.6 is 0 Å². The molecule has 1 aromatic heterocycles. The zero-order chi connectivity index (χ0) is 9.80. The van der Waals surface area contributed by atoms with Crippen LogP contribution < -0.4 is 0 Å². The first kappa shape index (κ1) is 9.46. The van der Waals surface area contributed by atoms with E-state index in [0.717, 1.165) is 12.3 Å². The minimum Gasteiger partial charge on any atom is -0.461 e. The van der Waals surface area contributed by atoms with E-state index >= 15 is 0 Å². The van der Waals surface area contributed by atoms with Crippen LogP contribution in [-0.2, 0) is 4.74 Å². The molecule has 0 atom stereocenters. The topological polar surface area (TPSA) is 39.4 Å². The summed E-state index contributed by atoms with van der Waals surface area (Å²) >= 11 is 0. The number of ether oxygens (including phenoxy) is 1. The minimum atomic E-state index is -0.0780. The molecule has 0 saturated heterocycles. The summed E-state index contributed by atoms with van der Waals surface area (Å²) in [6, 6.07) is 3.37. The number of Topliss-reactive ketones (excluding diaryl/α,β-unsaturated/α-hetero) is 1. The summed E-state index contributed by atoms with van der Waals surface area (Å²) in [7, 11) is 0. The standard InChI is InChI=1S/C11H14O3/c12-10(11-2-1-6-14-11)8-13-7-5-9-3-4-9/h1-2,6,9H,3-5,7-8H2. The van der Waals surface area contributed by atoms with E-state index in [4.69, 9.17) is 9.15 Å². The van der Waals surface area contributed by atoms with Crippen molar-refractivity contribution in [3.05, 3.63) is 24.2 Å². The zero-order valence-corrected chi connectivity index (χ0v) is 8.07. The highest BCUT2D eigenvalue weighted by molar-refractivity contribution is 5.94. The summed E-state index contributed by atoms with van der Waals surface area (Å²) in [6.45, 7) is 0.831. The van der Waals surface area contributed by atoms with Gasteiger partial charge in [-0.15, -0.1) is 0 Å². The summed E-state index contributed by atoms with van der Waals surface area (Å²) in [5.74, 6) is 1.16. The quantitative estimate of drug-likeness (QED) is 0.515. The third-order valence-corrected chi connectivity index (χ3v) is 2.40. The lowest BCUT2D eigenvalue weighted by Crippen LogP contribution is -2.09. The van der Waals surface area contributed by atoms with Gasteiger partial charge in [-0.2, -0.15) is 0 Å². The second-order valence-electron chi connectivity index (χ2n) is 3.69. The maximum absolute atomic E-state index is 11.3. The van der Waals surface area contributed by atoms with Gasteiger partial charge in [0.05, 0.1) is 6.26 Å². The molecule has 0 radical (unpaired) electrons. The third kappa shape index (κ3) is 2.70. The molecule has 1 aromatic rings. The molecule has 0 N–H and O–H groups in total. The van der Waals surface area contributed by atoms with Crippen LogP contribution in [0.5, 0.6) is 0 Å². The molecule has 2 rings (SSSR count). The summed E-state index contributed by atoms with van der Waals surface area (Å²) in [6.07, 6.45) is 5.24. The Labute approximate surface area is 83.0 Å². The van der Waals surface area contributed by atoms with Crippen LogP contribution in [-0.4, -0.2) is 19.0 Å². The van der Waals surface area contributed by atoms with Gasteiger partial charge in [0, 0.05) is 6.61 Å². The first-order valence-electron chi connectivity index (χ1n) is 5.00. The minimum absolute atomic E-state index is 0.0780. The van der Waals surface area contributed by atoms with Crippen LogP contribution in [0.15, 0.2) is 22.8 Å². The van der Waals surface area contributed by atoms with Crippen molar-refractivity contribution in [1.82, 2.24) is 0 Å². The SMILES string of the molecule is O=C(COCCC1CC1)c1ccco1. The molecule has 0 aliphatic heterocycles. The summed E-state index contributed by atoms with van der Waals surface area (Å²) in [5.41, 5.74) is 0. The number of furan rings is 1. The second-order valence-corrected chi connectivity index (χ2v) is 3.69. The molecule has 1 heterocycles. The first-order valence-corrected chi connectivity index (χ1v) is 5.00. The van der Waals surface area contributed by atoms with Crippen LogP contribution in [0.3, 0.4) is 0 Å².